The average molecular weight is 450 g/mol. The van der Waals surface area contributed by atoms with Crippen LogP contribution in [0.5, 0.6) is 0 Å². The predicted octanol–water partition coefficient (Wildman–Crippen LogP) is 2.86. The van der Waals surface area contributed by atoms with Gasteiger partial charge >= 0.3 is 6.18 Å². The predicted molar refractivity (Wildman–Crippen MR) is 109 cm³/mol. The Morgan fingerprint density at radius 3 is 2.39 bits per heavy atom. The molecule has 31 heavy (non-hydrogen) atoms. The van der Waals surface area contributed by atoms with Crippen LogP contribution in [0.1, 0.15) is 11.1 Å². The van der Waals surface area contributed by atoms with Crippen molar-refractivity contribution in [2.75, 3.05) is 7.05 Å². The standard InChI is InChI=1S/C20H17F3N4O3S/c1-24-31(29,30)14-7-8-16-15(9-14)17-18(26(2)11-25-17)19(28)27(16)10-12-3-5-13(6-4-12)20(21,22)23/h3-9,11,24H,10H2,1-2H3. The molecule has 2 aromatic heterocycles. The maximum Gasteiger partial charge on any atom is 0.416 e. The Morgan fingerprint density at radius 1 is 1.10 bits per heavy atom. The monoisotopic (exact) mass is 450 g/mol. The van der Waals surface area contributed by atoms with Gasteiger partial charge in [0.25, 0.3) is 5.56 Å². The van der Waals surface area contributed by atoms with Crippen molar-refractivity contribution >= 4 is 32.0 Å². The summed E-state index contributed by atoms with van der Waals surface area (Å²) in [6, 6.07) is 8.85. The van der Waals surface area contributed by atoms with E-state index in [0.717, 1.165) is 12.1 Å². The summed E-state index contributed by atoms with van der Waals surface area (Å²) in [4.78, 5) is 17.4. The first-order chi connectivity index (χ1) is 14.5. The van der Waals surface area contributed by atoms with Crippen LogP contribution in [0.2, 0.25) is 0 Å². The third-order valence-corrected chi connectivity index (χ3v) is 6.51. The lowest BCUT2D eigenvalue weighted by atomic mass is 10.1. The van der Waals surface area contributed by atoms with Crippen molar-refractivity contribution in [3.05, 3.63) is 70.3 Å². The second-order valence-corrected chi connectivity index (χ2v) is 8.91. The highest BCUT2D eigenvalue weighted by molar-refractivity contribution is 7.89. The van der Waals surface area contributed by atoms with Crippen molar-refractivity contribution < 1.29 is 21.6 Å². The topological polar surface area (TPSA) is 86.0 Å². The first kappa shape index (κ1) is 21.1. The highest BCUT2D eigenvalue weighted by Gasteiger charge is 2.30. The van der Waals surface area contributed by atoms with Gasteiger partial charge in [0.15, 0.2) is 0 Å². The van der Waals surface area contributed by atoms with Crippen LogP contribution in [-0.2, 0) is 29.8 Å². The van der Waals surface area contributed by atoms with E-state index in [9.17, 15) is 26.4 Å². The van der Waals surface area contributed by atoms with E-state index in [1.807, 2.05) is 0 Å². The third-order valence-electron chi connectivity index (χ3n) is 5.10. The van der Waals surface area contributed by atoms with Crippen LogP contribution in [0.3, 0.4) is 0 Å². The Bertz CT molecular complexity index is 1470. The van der Waals surface area contributed by atoms with Crippen molar-refractivity contribution in [1.82, 2.24) is 18.8 Å². The van der Waals surface area contributed by atoms with E-state index in [-0.39, 0.29) is 22.5 Å². The fraction of sp³-hybridized carbons (Fsp3) is 0.200. The van der Waals surface area contributed by atoms with Crippen LogP contribution < -0.4 is 10.3 Å². The number of alkyl halides is 3. The fourth-order valence-corrected chi connectivity index (χ4v) is 4.24. The van der Waals surface area contributed by atoms with Gasteiger partial charge in [0, 0.05) is 12.4 Å². The summed E-state index contributed by atoms with van der Waals surface area (Å²) in [6.45, 7) is 0.00666. The molecule has 0 amide bonds. The van der Waals surface area contributed by atoms with Gasteiger partial charge in [0.05, 0.1) is 28.8 Å². The number of halogens is 3. The van der Waals surface area contributed by atoms with Crippen LogP contribution in [-0.4, -0.2) is 29.6 Å². The number of hydrogen-bond donors (Lipinski definition) is 1. The van der Waals surface area contributed by atoms with Gasteiger partial charge in [-0.3, -0.25) is 4.79 Å². The van der Waals surface area contributed by atoms with E-state index in [1.165, 1.54) is 52.8 Å². The van der Waals surface area contributed by atoms with Gasteiger partial charge in [-0.05, 0) is 42.9 Å². The fourth-order valence-electron chi connectivity index (χ4n) is 3.48. The summed E-state index contributed by atoms with van der Waals surface area (Å²) in [5.41, 5.74) is 0.359. The molecule has 0 aliphatic carbocycles. The number of aryl methyl sites for hydroxylation is 1. The zero-order valence-corrected chi connectivity index (χ0v) is 17.3. The largest absolute Gasteiger partial charge is 0.416 e. The molecule has 0 unspecified atom stereocenters. The van der Waals surface area contributed by atoms with E-state index in [2.05, 4.69) is 9.71 Å². The first-order valence-electron chi connectivity index (χ1n) is 9.10. The van der Waals surface area contributed by atoms with Crippen molar-refractivity contribution in [2.24, 2.45) is 7.05 Å². The summed E-state index contributed by atoms with van der Waals surface area (Å²) in [5, 5.41) is 0.443. The molecule has 0 aliphatic rings. The van der Waals surface area contributed by atoms with Crippen LogP contribution in [0.25, 0.3) is 21.9 Å². The van der Waals surface area contributed by atoms with E-state index in [4.69, 9.17) is 0 Å². The van der Waals surface area contributed by atoms with Gasteiger partial charge in [-0.15, -0.1) is 0 Å². The second-order valence-electron chi connectivity index (χ2n) is 7.03. The van der Waals surface area contributed by atoms with Crippen molar-refractivity contribution in [3.63, 3.8) is 0 Å². The zero-order chi connectivity index (χ0) is 22.6. The Hall–Kier alpha value is -3.18. The van der Waals surface area contributed by atoms with Gasteiger partial charge < -0.3 is 9.13 Å². The van der Waals surface area contributed by atoms with E-state index in [1.54, 1.807) is 7.05 Å². The van der Waals surface area contributed by atoms with Crippen LogP contribution in [0, 0.1) is 0 Å². The molecule has 162 valence electrons. The quantitative estimate of drug-likeness (QED) is 0.518. The van der Waals surface area contributed by atoms with E-state index >= 15 is 0 Å². The van der Waals surface area contributed by atoms with Crippen LogP contribution in [0.15, 0.2) is 58.5 Å². The molecule has 7 nitrogen and oxygen atoms in total. The zero-order valence-electron chi connectivity index (χ0n) is 16.4. The van der Waals surface area contributed by atoms with Gasteiger partial charge in [0.2, 0.25) is 10.0 Å². The molecule has 1 N–H and O–H groups in total. The van der Waals surface area contributed by atoms with E-state index in [0.29, 0.717) is 22.0 Å². The highest BCUT2D eigenvalue weighted by atomic mass is 32.2. The highest BCUT2D eigenvalue weighted by Crippen LogP contribution is 2.30. The number of nitrogens with one attached hydrogen (secondary N) is 1. The van der Waals surface area contributed by atoms with Crippen molar-refractivity contribution in [3.8, 4) is 0 Å². The van der Waals surface area contributed by atoms with Gasteiger partial charge in [-0.2, -0.15) is 13.2 Å². The maximum atomic E-state index is 13.2. The number of pyridine rings is 1. The Labute approximate surface area is 174 Å². The number of fused-ring (bicyclic) bond motifs is 3. The molecule has 0 atom stereocenters. The Morgan fingerprint density at radius 2 is 1.77 bits per heavy atom. The SMILES string of the molecule is CNS(=O)(=O)c1ccc2c(c1)c1ncn(C)c1c(=O)n2Cc1ccc(C(F)(F)F)cc1. The number of imidazole rings is 1. The second kappa shape index (κ2) is 7.20. The minimum atomic E-state index is -4.45. The first-order valence-corrected chi connectivity index (χ1v) is 10.6. The molecule has 0 saturated heterocycles. The molecule has 11 heteroatoms. The molecule has 0 saturated carbocycles. The molecule has 0 bridgehead atoms. The molecule has 4 rings (SSSR count). The van der Waals surface area contributed by atoms with Crippen LogP contribution in [0.4, 0.5) is 13.2 Å². The summed E-state index contributed by atoms with van der Waals surface area (Å²) in [6.07, 6.45) is -3.00. The molecule has 0 aliphatic heterocycles. The van der Waals surface area contributed by atoms with Gasteiger partial charge in [-0.25, -0.2) is 18.1 Å². The average Bonchev–Trinajstić information content (AvgIpc) is 3.12. The van der Waals surface area contributed by atoms with Gasteiger partial charge in [-0.1, -0.05) is 12.1 Å². The third kappa shape index (κ3) is 3.59. The summed E-state index contributed by atoms with van der Waals surface area (Å²) < 4.78 is 68.2. The molecular formula is C20H17F3N4O3S. The van der Waals surface area contributed by atoms with Crippen molar-refractivity contribution in [2.45, 2.75) is 17.6 Å². The summed E-state index contributed by atoms with van der Waals surface area (Å²) >= 11 is 0. The lowest BCUT2D eigenvalue weighted by molar-refractivity contribution is -0.137. The lowest BCUT2D eigenvalue weighted by Crippen LogP contribution is -2.23. The molecule has 0 fully saturated rings. The summed E-state index contributed by atoms with van der Waals surface area (Å²) in [5.74, 6) is 0. The molecule has 2 aromatic carbocycles. The number of nitrogens with zero attached hydrogens (tertiary/aromatic N) is 3. The molecule has 0 spiro atoms. The molecule has 0 radical (unpaired) electrons. The van der Waals surface area contributed by atoms with Crippen molar-refractivity contribution in [1.29, 1.82) is 0 Å². The Kier molecular flexibility index (Phi) is 4.90. The number of rotatable bonds is 4. The maximum absolute atomic E-state index is 13.2. The minimum absolute atomic E-state index is 0.00666. The van der Waals surface area contributed by atoms with Crippen LogP contribution >= 0.6 is 0 Å². The van der Waals surface area contributed by atoms with E-state index < -0.39 is 21.8 Å². The number of sulfonamides is 1. The summed E-state index contributed by atoms with van der Waals surface area (Å²) in [7, 11) is -0.799. The smallest absolute Gasteiger partial charge is 0.329 e. The molecule has 2 heterocycles. The van der Waals surface area contributed by atoms with Gasteiger partial charge in [0.1, 0.15) is 11.0 Å². The number of aromatic nitrogens is 3. The molecule has 4 aromatic rings. The number of benzene rings is 2. The lowest BCUT2D eigenvalue weighted by Gasteiger charge is -2.14. The normalized spacial score (nSPS) is 12.7. The minimum Gasteiger partial charge on any atom is -0.329 e. The molecular weight excluding hydrogens is 433 g/mol. The Balaban J connectivity index is 1.94. The number of hydrogen-bond acceptors (Lipinski definition) is 4.